The maximum absolute atomic E-state index is 12.2. The molecule has 0 bridgehead atoms. The van der Waals surface area contributed by atoms with Gasteiger partial charge in [-0.15, -0.1) is 0 Å². The molecule has 0 radical (unpaired) electrons. The molecule has 0 aromatic heterocycles. The smallest absolute Gasteiger partial charge is 0.236 e. The number of hydrogen-bond donors (Lipinski definition) is 0. The van der Waals surface area contributed by atoms with E-state index >= 15 is 0 Å². The van der Waals surface area contributed by atoms with Crippen LogP contribution >= 0.6 is 11.8 Å². The van der Waals surface area contributed by atoms with Crippen LogP contribution in [0.3, 0.4) is 0 Å². The highest BCUT2D eigenvalue weighted by Gasteiger charge is 2.26. The molecule has 1 rings (SSSR count). The minimum Gasteiger partial charge on any atom is -0.340 e. The standard InChI is InChI=1S/C13H26N2OS/c1-10(2)12-8-15(6-7-17-12)13(16)9-14(5)11(3)4/h10-12H,6-9H2,1-5H3. The van der Waals surface area contributed by atoms with Crippen molar-refractivity contribution in [3.05, 3.63) is 0 Å². The third-order valence-electron chi connectivity index (χ3n) is 3.46. The van der Waals surface area contributed by atoms with E-state index in [1.54, 1.807) is 0 Å². The van der Waals surface area contributed by atoms with Crippen molar-refractivity contribution < 1.29 is 4.79 Å². The van der Waals surface area contributed by atoms with E-state index in [9.17, 15) is 4.79 Å². The number of hydrogen-bond acceptors (Lipinski definition) is 3. The summed E-state index contributed by atoms with van der Waals surface area (Å²) in [6, 6.07) is 0.430. The Morgan fingerprint density at radius 1 is 1.41 bits per heavy atom. The van der Waals surface area contributed by atoms with Crippen LogP contribution in [0.15, 0.2) is 0 Å². The number of carbonyl (C=O) groups excluding carboxylic acids is 1. The van der Waals surface area contributed by atoms with E-state index in [-0.39, 0.29) is 5.91 Å². The molecule has 0 N–H and O–H groups in total. The number of carbonyl (C=O) groups is 1. The quantitative estimate of drug-likeness (QED) is 0.770. The van der Waals surface area contributed by atoms with Crippen LogP contribution in [0.5, 0.6) is 0 Å². The molecule has 1 aliphatic rings. The van der Waals surface area contributed by atoms with E-state index in [4.69, 9.17) is 0 Å². The number of nitrogens with zero attached hydrogens (tertiary/aromatic N) is 2. The Kier molecular flexibility index (Phi) is 5.80. The first-order valence-corrected chi connectivity index (χ1v) is 7.56. The Bertz CT molecular complexity index is 256. The number of thioether (sulfide) groups is 1. The molecule has 4 heteroatoms. The monoisotopic (exact) mass is 258 g/mol. The molecule has 1 atom stereocenters. The molecule has 0 spiro atoms. The van der Waals surface area contributed by atoms with Crippen molar-refractivity contribution >= 4 is 17.7 Å². The van der Waals surface area contributed by atoms with Gasteiger partial charge >= 0.3 is 0 Å². The molecule has 0 aromatic carbocycles. The van der Waals surface area contributed by atoms with Gasteiger partial charge in [-0.25, -0.2) is 0 Å². The summed E-state index contributed by atoms with van der Waals surface area (Å²) in [5.41, 5.74) is 0. The van der Waals surface area contributed by atoms with Gasteiger partial charge in [-0.05, 0) is 26.8 Å². The minimum atomic E-state index is 0.284. The molecule has 1 heterocycles. The van der Waals surface area contributed by atoms with Gasteiger partial charge in [-0.2, -0.15) is 11.8 Å². The molecule has 1 aliphatic heterocycles. The van der Waals surface area contributed by atoms with Gasteiger partial charge in [0.1, 0.15) is 0 Å². The van der Waals surface area contributed by atoms with Gasteiger partial charge in [0.05, 0.1) is 6.54 Å². The Balaban J connectivity index is 2.46. The largest absolute Gasteiger partial charge is 0.340 e. The molecular formula is C13H26N2OS. The van der Waals surface area contributed by atoms with Crippen LogP contribution in [0.2, 0.25) is 0 Å². The first-order chi connectivity index (χ1) is 7.91. The van der Waals surface area contributed by atoms with E-state index in [1.807, 2.05) is 23.7 Å². The summed E-state index contributed by atoms with van der Waals surface area (Å²) in [6.07, 6.45) is 0. The van der Waals surface area contributed by atoms with Crippen molar-refractivity contribution in [2.45, 2.75) is 39.0 Å². The fourth-order valence-corrected chi connectivity index (χ4v) is 3.10. The summed E-state index contributed by atoms with van der Waals surface area (Å²) in [7, 11) is 2.02. The normalized spacial score (nSPS) is 21.6. The summed E-state index contributed by atoms with van der Waals surface area (Å²) in [4.78, 5) is 16.3. The van der Waals surface area contributed by atoms with Crippen molar-refractivity contribution in [1.29, 1.82) is 0 Å². The first-order valence-electron chi connectivity index (χ1n) is 6.51. The number of amides is 1. The molecule has 1 saturated heterocycles. The van der Waals surface area contributed by atoms with Gasteiger partial charge in [-0.3, -0.25) is 9.69 Å². The predicted molar refractivity (Wildman–Crippen MR) is 75.4 cm³/mol. The Morgan fingerprint density at radius 3 is 2.59 bits per heavy atom. The number of rotatable bonds is 4. The van der Waals surface area contributed by atoms with Gasteiger partial charge in [0.15, 0.2) is 0 Å². The second-order valence-electron chi connectivity index (χ2n) is 5.50. The second-order valence-corrected chi connectivity index (χ2v) is 6.85. The maximum atomic E-state index is 12.2. The summed E-state index contributed by atoms with van der Waals surface area (Å²) in [5, 5.41) is 0.608. The summed E-state index contributed by atoms with van der Waals surface area (Å²) < 4.78 is 0. The van der Waals surface area contributed by atoms with Crippen LogP contribution in [0.4, 0.5) is 0 Å². The van der Waals surface area contributed by atoms with Crippen LogP contribution < -0.4 is 0 Å². The zero-order valence-corrected chi connectivity index (χ0v) is 12.6. The Morgan fingerprint density at radius 2 is 2.06 bits per heavy atom. The maximum Gasteiger partial charge on any atom is 0.236 e. The van der Waals surface area contributed by atoms with Crippen LogP contribution in [-0.2, 0) is 4.79 Å². The summed E-state index contributed by atoms with van der Waals surface area (Å²) in [5.74, 6) is 2.02. The van der Waals surface area contributed by atoms with Gasteiger partial charge in [0.2, 0.25) is 5.91 Å². The highest BCUT2D eigenvalue weighted by molar-refractivity contribution is 8.00. The summed E-state index contributed by atoms with van der Waals surface area (Å²) >= 11 is 2.01. The SMILES string of the molecule is CC(C)C1CN(C(=O)CN(C)C(C)C)CCS1. The molecule has 17 heavy (non-hydrogen) atoms. The lowest BCUT2D eigenvalue weighted by atomic mass is 10.1. The van der Waals surface area contributed by atoms with Crippen molar-refractivity contribution in [3.63, 3.8) is 0 Å². The van der Waals surface area contributed by atoms with E-state index < -0.39 is 0 Å². The third-order valence-corrected chi connectivity index (χ3v) is 5.00. The Hall–Kier alpha value is -0.220. The topological polar surface area (TPSA) is 23.6 Å². The van der Waals surface area contributed by atoms with Crippen molar-refractivity contribution in [1.82, 2.24) is 9.80 Å². The lowest BCUT2D eigenvalue weighted by molar-refractivity contribution is -0.132. The van der Waals surface area contributed by atoms with Gasteiger partial charge < -0.3 is 4.90 Å². The lowest BCUT2D eigenvalue weighted by Gasteiger charge is -2.35. The van der Waals surface area contributed by atoms with E-state index in [2.05, 4.69) is 32.6 Å². The van der Waals surface area contributed by atoms with Crippen LogP contribution in [0.1, 0.15) is 27.7 Å². The van der Waals surface area contributed by atoms with Crippen LogP contribution in [0, 0.1) is 5.92 Å². The molecule has 1 amide bonds. The first kappa shape index (κ1) is 14.8. The van der Waals surface area contributed by atoms with Crippen molar-refractivity contribution in [2.24, 2.45) is 5.92 Å². The van der Waals surface area contributed by atoms with E-state index in [1.165, 1.54) is 0 Å². The minimum absolute atomic E-state index is 0.284. The van der Waals surface area contributed by atoms with Gasteiger partial charge in [0, 0.05) is 30.1 Å². The molecule has 0 saturated carbocycles. The zero-order valence-electron chi connectivity index (χ0n) is 11.8. The fourth-order valence-electron chi connectivity index (χ4n) is 1.80. The highest BCUT2D eigenvalue weighted by Crippen LogP contribution is 2.24. The van der Waals surface area contributed by atoms with E-state index in [0.29, 0.717) is 23.8 Å². The van der Waals surface area contributed by atoms with E-state index in [0.717, 1.165) is 18.8 Å². The molecule has 100 valence electrons. The average Bonchev–Trinajstić information content (AvgIpc) is 2.28. The lowest BCUT2D eigenvalue weighted by Crippen LogP contribution is -2.47. The van der Waals surface area contributed by atoms with Crippen molar-refractivity contribution in [3.8, 4) is 0 Å². The highest BCUT2D eigenvalue weighted by atomic mass is 32.2. The second kappa shape index (κ2) is 6.64. The predicted octanol–water partition coefficient (Wildman–Crippen LogP) is 1.93. The number of likely N-dealkylation sites (N-methyl/N-ethyl adjacent to an activating group) is 1. The molecule has 3 nitrogen and oxygen atoms in total. The van der Waals surface area contributed by atoms with Gasteiger partial charge in [-0.1, -0.05) is 13.8 Å². The Labute approximate surface area is 110 Å². The third kappa shape index (κ3) is 4.51. The van der Waals surface area contributed by atoms with Crippen LogP contribution in [0.25, 0.3) is 0 Å². The molecule has 1 fully saturated rings. The fraction of sp³-hybridized carbons (Fsp3) is 0.923. The van der Waals surface area contributed by atoms with Crippen molar-refractivity contribution in [2.75, 3.05) is 32.4 Å². The zero-order chi connectivity index (χ0) is 13.0. The molecular weight excluding hydrogens is 232 g/mol. The molecule has 0 aromatic rings. The van der Waals surface area contributed by atoms with Gasteiger partial charge in [0.25, 0.3) is 0 Å². The molecule has 1 unspecified atom stereocenters. The van der Waals surface area contributed by atoms with Crippen LogP contribution in [-0.4, -0.2) is 59.4 Å². The average molecular weight is 258 g/mol. The molecule has 0 aliphatic carbocycles. The summed E-state index contributed by atoms with van der Waals surface area (Å²) in [6.45, 7) is 11.1.